The third kappa shape index (κ3) is 6.58. The van der Waals surface area contributed by atoms with Crippen LogP contribution in [-0.2, 0) is 6.42 Å². The largest absolute Gasteiger partial charge is 0.457 e. The molecular formula is C24H32Cl2FN3O3. The first kappa shape index (κ1) is 27.3. The number of aliphatic hydroxyl groups is 1. The van der Waals surface area contributed by atoms with Gasteiger partial charge in [0.2, 0.25) is 0 Å². The second-order valence-corrected chi connectivity index (χ2v) is 8.37. The van der Waals surface area contributed by atoms with E-state index < -0.39 is 17.8 Å². The number of ether oxygens (including phenoxy) is 1. The van der Waals surface area contributed by atoms with E-state index in [0.29, 0.717) is 24.6 Å². The molecule has 2 heterocycles. The summed E-state index contributed by atoms with van der Waals surface area (Å²) in [6.07, 6.45) is 3.60. The Balaban J connectivity index is 0.00000193. The molecule has 2 atom stereocenters. The summed E-state index contributed by atoms with van der Waals surface area (Å²) >= 11 is 0. The van der Waals surface area contributed by atoms with Crippen molar-refractivity contribution >= 4 is 30.7 Å². The molecule has 2 aromatic carbocycles. The number of hydrogen-bond donors (Lipinski definition) is 2. The van der Waals surface area contributed by atoms with Crippen LogP contribution in [0, 0.1) is 5.82 Å². The fraction of sp³-hybridized carbons (Fsp3) is 0.458. The monoisotopic (exact) mass is 499 g/mol. The Bertz CT molecular complexity index is 910. The minimum Gasteiger partial charge on any atom is -0.457 e. The quantitative estimate of drug-likeness (QED) is 0.634. The summed E-state index contributed by atoms with van der Waals surface area (Å²) in [6, 6.07) is 11.6. The van der Waals surface area contributed by atoms with Gasteiger partial charge in [0.25, 0.3) is 5.91 Å². The van der Waals surface area contributed by atoms with Crippen LogP contribution in [0.15, 0.2) is 42.5 Å². The first-order chi connectivity index (χ1) is 15.0. The van der Waals surface area contributed by atoms with E-state index in [1.54, 1.807) is 4.90 Å². The Kier molecular flexibility index (Phi) is 10.4. The van der Waals surface area contributed by atoms with Gasteiger partial charge in [-0.15, -0.1) is 24.8 Å². The number of piperidine rings is 1. The highest BCUT2D eigenvalue weighted by Crippen LogP contribution is 2.27. The van der Waals surface area contributed by atoms with Crippen molar-refractivity contribution < 1.29 is 19.0 Å². The van der Waals surface area contributed by atoms with Crippen LogP contribution in [0.1, 0.15) is 35.2 Å². The summed E-state index contributed by atoms with van der Waals surface area (Å²) in [7, 11) is 0. The lowest BCUT2D eigenvalue weighted by Crippen LogP contribution is -2.46. The molecule has 6 nitrogen and oxygen atoms in total. The second-order valence-electron chi connectivity index (χ2n) is 8.37. The van der Waals surface area contributed by atoms with Crippen LogP contribution >= 0.6 is 24.8 Å². The number of β-amino-alcohol motifs (C(OH)–C–C–N with tert-alkyl or cyclic N) is 1. The van der Waals surface area contributed by atoms with Crippen molar-refractivity contribution in [3.63, 3.8) is 0 Å². The van der Waals surface area contributed by atoms with Crippen LogP contribution in [-0.4, -0.2) is 65.7 Å². The number of rotatable bonds is 6. The Morgan fingerprint density at radius 1 is 1.03 bits per heavy atom. The molecule has 9 heteroatoms. The van der Waals surface area contributed by atoms with E-state index in [1.807, 2.05) is 24.3 Å². The van der Waals surface area contributed by atoms with Crippen molar-refractivity contribution in [2.75, 3.05) is 32.7 Å². The number of benzene rings is 2. The highest BCUT2D eigenvalue weighted by Gasteiger charge is 2.38. The molecule has 182 valence electrons. The standard InChI is InChI=1S/C24H30FN3O3.2ClH/c25-21-9-8-19(31-18-6-4-17(5-7-18)10-11-26)14-20(21)24(30)28-15-22(23(29)16-28)27-12-2-1-3-13-27;;/h4-9,14,22-23,29H,1-3,10-13,15-16,26H2;2*1H/t22-,23-;;/m0../s1. The molecule has 2 saturated heterocycles. The maximum absolute atomic E-state index is 14.5. The maximum atomic E-state index is 14.5. The Hall–Kier alpha value is -1.90. The van der Waals surface area contributed by atoms with E-state index in [-0.39, 0.29) is 43.0 Å². The molecule has 0 aromatic heterocycles. The zero-order chi connectivity index (χ0) is 21.8. The van der Waals surface area contributed by atoms with Crippen LogP contribution in [0.2, 0.25) is 0 Å². The minimum atomic E-state index is -0.614. The summed E-state index contributed by atoms with van der Waals surface area (Å²) in [6.45, 7) is 3.07. The molecule has 4 rings (SSSR count). The summed E-state index contributed by atoms with van der Waals surface area (Å²) in [5.41, 5.74) is 6.65. The average Bonchev–Trinajstić information content (AvgIpc) is 3.18. The van der Waals surface area contributed by atoms with E-state index in [4.69, 9.17) is 10.5 Å². The highest BCUT2D eigenvalue weighted by molar-refractivity contribution is 5.95. The van der Waals surface area contributed by atoms with Gasteiger partial charge in [0.05, 0.1) is 17.7 Å². The van der Waals surface area contributed by atoms with Crippen molar-refractivity contribution in [3.8, 4) is 11.5 Å². The first-order valence-corrected chi connectivity index (χ1v) is 11.0. The van der Waals surface area contributed by atoms with Gasteiger partial charge in [0, 0.05) is 13.1 Å². The Labute approximate surface area is 206 Å². The molecule has 2 aliphatic rings. The number of carbonyl (C=O) groups excluding carboxylic acids is 1. The predicted octanol–water partition coefficient (Wildman–Crippen LogP) is 3.63. The number of likely N-dealkylation sites (tertiary alicyclic amines) is 2. The van der Waals surface area contributed by atoms with Gasteiger partial charge in [0.1, 0.15) is 17.3 Å². The molecule has 0 unspecified atom stereocenters. The van der Waals surface area contributed by atoms with Crippen LogP contribution < -0.4 is 10.5 Å². The van der Waals surface area contributed by atoms with Crippen molar-refractivity contribution in [3.05, 3.63) is 59.4 Å². The Morgan fingerprint density at radius 3 is 2.36 bits per heavy atom. The van der Waals surface area contributed by atoms with E-state index >= 15 is 0 Å². The van der Waals surface area contributed by atoms with Crippen LogP contribution in [0.5, 0.6) is 11.5 Å². The van der Waals surface area contributed by atoms with E-state index in [0.717, 1.165) is 37.9 Å². The molecule has 0 aliphatic carbocycles. The van der Waals surface area contributed by atoms with E-state index in [9.17, 15) is 14.3 Å². The minimum absolute atomic E-state index is 0. The molecule has 1 amide bonds. The fourth-order valence-corrected chi connectivity index (χ4v) is 4.47. The third-order valence-electron chi connectivity index (χ3n) is 6.17. The third-order valence-corrected chi connectivity index (χ3v) is 6.17. The number of nitrogens with zero attached hydrogens (tertiary/aromatic N) is 2. The highest BCUT2D eigenvalue weighted by atomic mass is 35.5. The van der Waals surface area contributed by atoms with E-state index in [1.165, 1.54) is 24.6 Å². The van der Waals surface area contributed by atoms with Crippen molar-refractivity contribution in [2.45, 2.75) is 37.8 Å². The lowest BCUT2D eigenvalue weighted by molar-refractivity contribution is 0.0702. The molecule has 0 spiro atoms. The van der Waals surface area contributed by atoms with Gasteiger partial charge in [0.15, 0.2) is 0 Å². The predicted molar refractivity (Wildman–Crippen MR) is 131 cm³/mol. The van der Waals surface area contributed by atoms with Crippen molar-refractivity contribution in [2.24, 2.45) is 5.73 Å². The normalized spacial score (nSPS) is 20.6. The van der Waals surface area contributed by atoms with Gasteiger partial charge >= 0.3 is 0 Å². The zero-order valence-electron chi connectivity index (χ0n) is 18.5. The summed E-state index contributed by atoms with van der Waals surface area (Å²) in [5.74, 6) is -0.0115. The number of carbonyl (C=O) groups is 1. The van der Waals surface area contributed by atoms with Gasteiger partial charge in [-0.3, -0.25) is 9.69 Å². The number of nitrogens with two attached hydrogens (primary N) is 1. The number of amides is 1. The average molecular weight is 500 g/mol. The SMILES string of the molecule is Cl.Cl.NCCc1ccc(Oc2ccc(F)c(C(=O)N3C[C@H](O)[C@@H](N4CCCCC4)C3)c2)cc1. The zero-order valence-corrected chi connectivity index (χ0v) is 20.1. The van der Waals surface area contributed by atoms with Crippen LogP contribution in [0.25, 0.3) is 0 Å². The van der Waals surface area contributed by atoms with Gasteiger partial charge in [-0.1, -0.05) is 18.6 Å². The van der Waals surface area contributed by atoms with Gasteiger partial charge in [-0.2, -0.15) is 0 Å². The topological polar surface area (TPSA) is 79.0 Å². The smallest absolute Gasteiger partial charge is 0.257 e. The molecule has 0 radical (unpaired) electrons. The lowest BCUT2D eigenvalue weighted by atomic mass is 10.1. The second kappa shape index (κ2) is 12.5. The molecule has 0 saturated carbocycles. The molecule has 0 bridgehead atoms. The van der Waals surface area contributed by atoms with Crippen LogP contribution in [0.3, 0.4) is 0 Å². The maximum Gasteiger partial charge on any atom is 0.257 e. The lowest BCUT2D eigenvalue weighted by Gasteiger charge is -2.33. The summed E-state index contributed by atoms with van der Waals surface area (Å²) in [5, 5.41) is 10.5. The molecule has 2 aliphatic heterocycles. The van der Waals surface area contributed by atoms with E-state index in [2.05, 4.69) is 4.90 Å². The number of hydrogen-bond acceptors (Lipinski definition) is 5. The number of halogens is 3. The van der Waals surface area contributed by atoms with Crippen LogP contribution in [0.4, 0.5) is 4.39 Å². The molecular weight excluding hydrogens is 468 g/mol. The number of aliphatic hydroxyl groups excluding tert-OH is 1. The van der Waals surface area contributed by atoms with Gasteiger partial charge < -0.3 is 20.5 Å². The molecule has 33 heavy (non-hydrogen) atoms. The van der Waals surface area contributed by atoms with Gasteiger partial charge in [-0.25, -0.2) is 4.39 Å². The van der Waals surface area contributed by atoms with Crippen molar-refractivity contribution in [1.29, 1.82) is 0 Å². The summed E-state index contributed by atoms with van der Waals surface area (Å²) < 4.78 is 20.3. The fourth-order valence-electron chi connectivity index (χ4n) is 4.47. The molecule has 2 fully saturated rings. The van der Waals surface area contributed by atoms with Crippen molar-refractivity contribution in [1.82, 2.24) is 9.80 Å². The molecule has 3 N–H and O–H groups in total. The Morgan fingerprint density at radius 2 is 1.70 bits per heavy atom. The summed E-state index contributed by atoms with van der Waals surface area (Å²) in [4.78, 5) is 16.9. The van der Waals surface area contributed by atoms with Gasteiger partial charge in [-0.05, 0) is 74.8 Å². The molecule has 2 aromatic rings. The first-order valence-electron chi connectivity index (χ1n) is 11.0.